The highest BCUT2D eigenvalue weighted by Crippen LogP contribution is 2.21. The fourth-order valence-electron chi connectivity index (χ4n) is 0.960. The van der Waals surface area contributed by atoms with Gasteiger partial charge in [0.05, 0.1) is 11.7 Å². The predicted octanol–water partition coefficient (Wildman–Crippen LogP) is 2.60. The van der Waals surface area contributed by atoms with Crippen LogP contribution in [0.3, 0.4) is 0 Å². The Hall–Kier alpha value is -0.230. The summed E-state index contributed by atoms with van der Waals surface area (Å²) in [6.07, 6.45) is 0. The van der Waals surface area contributed by atoms with Gasteiger partial charge in [-0.15, -0.1) is 0 Å². The van der Waals surface area contributed by atoms with Crippen LogP contribution in [0.4, 0.5) is 0 Å². The van der Waals surface area contributed by atoms with Gasteiger partial charge in [-0.3, -0.25) is 0 Å². The molecule has 56 valence electrons. The van der Waals surface area contributed by atoms with Crippen molar-refractivity contribution in [1.29, 1.82) is 0 Å². The Balaban J connectivity index is 2.96. The molecule has 0 saturated carbocycles. The largest absolute Gasteiger partial charge is 0.173 e. The molecule has 0 fully saturated rings. The molecule has 0 aliphatic rings. The molecule has 0 aliphatic heterocycles. The van der Waals surface area contributed by atoms with Gasteiger partial charge in [-0.1, -0.05) is 6.07 Å². The lowest BCUT2D eigenvalue weighted by Crippen LogP contribution is -1.79. The molecule has 1 aromatic carbocycles. The maximum Gasteiger partial charge on any atom is 0.118 e. The van der Waals surface area contributed by atoms with Gasteiger partial charge in [-0.05, 0) is 41.1 Å². The molecule has 2 nitrogen and oxygen atoms in total. The van der Waals surface area contributed by atoms with Gasteiger partial charge in [-0.25, -0.2) is 0 Å². The van der Waals surface area contributed by atoms with Gasteiger partial charge in [0.1, 0.15) is 11.0 Å². The summed E-state index contributed by atoms with van der Waals surface area (Å²) in [7, 11) is 0. The van der Waals surface area contributed by atoms with E-state index in [9.17, 15) is 0 Å². The molecule has 4 heteroatoms. The first-order chi connectivity index (χ1) is 5.29. The van der Waals surface area contributed by atoms with E-state index in [4.69, 9.17) is 0 Å². The van der Waals surface area contributed by atoms with Crippen molar-refractivity contribution < 1.29 is 0 Å². The number of aromatic nitrogens is 2. The lowest BCUT2D eigenvalue weighted by atomic mass is 10.2. The van der Waals surface area contributed by atoms with Crippen molar-refractivity contribution in [3.05, 3.63) is 21.3 Å². The van der Waals surface area contributed by atoms with Crippen LogP contribution < -0.4 is 0 Å². The number of rotatable bonds is 0. The molecule has 0 spiro atoms. The molecule has 1 aromatic heterocycles. The molecular formula is C7H5IN2S. The van der Waals surface area contributed by atoms with Crippen molar-refractivity contribution in [2.24, 2.45) is 0 Å². The Kier molecular flexibility index (Phi) is 1.80. The SMILES string of the molecule is Cc1ccc(I)c2nsnc12. The maximum atomic E-state index is 4.20. The summed E-state index contributed by atoms with van der Waals surface area (Å²) in [5.41, 5.74) is 3.28. The number of fused-ring (bicyclic) bond motifs is 1. The van der Waals surface area contributed by atoms with E-state index in [1.54, 1.807) is 0 Å². The summed E-state index contributed by atoms with van der Waals surface area (Å²) in [6, 6.07) is 4.14. The third-order valence-electron chi connectivity index (χ3n) is 1.57. The summed E-state index contributed by atoms with van der Waals surface area (Å²) in [6.45, 7) is 2.06. The molecule has 0 amide bonds. The zero-order valence-electron chi connectivity index (χ0n) is 5.84. The monoisotopic (exact) mass is 276 g/mol. The fourth-order valence-corrected chi connectivity index (χ4v) is 2.30. The molecule has 2 rings (SSSR count). The molecule has 1 heterocycles. The smallest absolute Gasteiger partial charge is 0.118 e. The highest BCUT2D eigenvalue weighted by molar-refractivity contribution is 14.1. The van der Waals surface area contributed by atoms with Crippen LogP contribution in [0.25, 0.3) is 11.0 Å². The van der Waals surface area contributed by atoms with E-state index in [2.05, 4.69) is 50.4 Å². The van der Waals surface area contributed by atoms with E-state index in [1.807, 2.05) is 0 Å². The first-order valence-corrected chi connectivity index (χ1v) is 4.97. The second kappa shape index (κ2) is 2.67. The number of benzene rings is 1. The Morgan fingerprint density at radius 1 is 1.27 bits per heavy atom. The molecular weight excluding hydrogens is 271 g/mol. The summed E-state index contributed by atoms with van der Waals surface area (Å²) >= 11 is 3.55. The van der Waals surface area contributed by atoms with E-state index < -0.39 is 0 Å². The normalized spacial score (nSPS) is 10.7. The zero-order valence-corrected chi connectivity index (χ0v) is 8.81. The van der Waals surface area contributed by atoms with Crippen molar-refractivity contribution >= 4 is 45.4 Å². The number of hydrogen-bond acceptors (Lipinski definition) is 3. The Bertz CT molecular complexity index is 360. The topological polar surface area (TPSA) is 25.8 Å². The number of halogens is 1. The van der Waals surface area contributed by atoms with Crippen LogP contribution in [-0.2, 0) is 0 Å². The molecule has 0 N–H and O–H groups in total. The van der Waals surface area contributed by atoms with E-state index in [0.29, 0.717) is 0 Å². The molecule has 2 aromatic rings. The quantitative estimate of drug-likeness (QED) is 0.691. The van der Waals surface area contributed by atoms with Crippen molar-refractivity contribution in [1.82, 2.24) is 8.75 Å². The summed E-state index contributed by atoms with van der Waals surface area (Å²) < 4.78 is 9.58. The summed E-state index contributed by atoms with van der Waals surface area (Å²) in [5.74, 6) is 0. The fraction of sp³-hybridized carbons (Fsp3) is 0.143. The average molecular weight is 276 g/mol. The second-order valence-corrected chi connectivity index (χ2v) is 4.02. The summed E-state index contributed by atoms with van der Waals surface area (Å²) in [5, 5.41) is 0. The lowest BCUT2D eigenvalue weighted by molar-refractivity contribution is 1.47. The molecule has 0 saturated heterocycles. The minimum atomic E-state index is 1.04. The minimum absolute atomic E-state index is 1.04. The first kappa shape index (κ1) is 7.42. The van der Waals surface area contributed by atoms with Crippen LogP contribution in [0.5, 0.6) is 0 Å². The zero-order chi connectivity index (χ0) is 7.84. The van der Waals surface area contributed by atoms with E-state index in [-0.39, 0.29) is 0 Å². The standard InChI is InChI=1S/C7H5IN2S/c1-4-2-3-5(8)7-6(4)9-11-10-7/h2-3H,1H3. The number of aryl methyl sites for hydroxylation is 1. The van der Waals surface area contributed by atoms with Crippen molar-refractivity contribution in [3.63, 3.8) is 0 Å². The highest BCUT2D eigenvalue weighted by atomic mass is 127. The van der Waals surface area contributed by atoms with E-state index in [1.165, 1.54) is 20.9 Å². The lowest BCUT2D eigenvalue weighted by Gasteiger charge is -1.93. The van der Waals surface area contributed by atoms with Crippen molar-refractivity contribution in [3.8, 4) is 0 Å². The second-order valence-electron chi connectivity index (χ2n) is 2.33. The molecule has 0 aliphatic carbocycles. The Morgan fingerprint density at radius 2 is 2.00 bits per heavy atom. The van der Waals surface area contributed by atoms with Crippen molar-refractivity contribution in [2.45, 2.75) is 6.92 Å². The predicted molar refractivity (Wildman–Crippen MR) is 54.9 cm³/mol. The molecule has 0 atom stereocenters. The van der Waals surface area contributed by atoms with Gasteiger partial charge in [0.25, 0.3) is 0 Å². The minimum Gasteiger partial charge on any atom is -0.173 e. The molecule has 0 unspecified atom stereocenters. The van der Waals surface area contributed by atoms with E-state index in [0.717, 1.165) is 11.0 Å². The first-order valence-electron chi connectivity index (χ1n) is 3.16. The van der Waals surface area contributed by atoms with Crippen LogP contribution >= 0.6 is 34.3 Å². The van der Waals surface area contributed by atoms with Gasteiger partial charge in [0.2, 0.25) is 0 Å². The van der Waals surface area contributed by atoms with Gasteiger partial charge < -0.3 is 0 Å². The van der Waals surface area contributed by atoms with Crippen LogP contribution in [0.1, 0.15) is 5.56 Å². The molecule has 0 radical (unpaired) electrons. The van der Waals surface area contributed by atoms with Crippen LogP contribution in [0.15, 0.2) is 12.1 Å². The Labute approximate surface area is 82.1 Å². The highest BCUT2D eigenvalue weighted by Gasteiger charge is 2.04. The molecule has 11 heavy (non-hydrogen) atoms. The number of hydrogen-bond donors (Lipinski definition) is 0. The number of nitrogens with zero attached hydrogens (tertiary/aromatic N) is 2. The summed E-state index contributed by atoms with van der Waals surface area (Å²) in [4.78, 5) is 0. The van der Waals surface area contributed by atoms with Crippen LogP contribution in [-0.4, -0.2) is 8.75 Å². The van der Waals surface area contributed by atoms with Gasteiger partial charge >= 0.3 is 0 Å². The Morgan fingerprint density at radius 3 is 2.73 bits per heavy atom. The van der Waals surface area contributed by atoms with Crippen molar-refractivity contribution in [2.75, 3.05) is 0 Å². The molecule has 0 bridgehead atoms. The van der Waals surface area contributed by atoms with E-state index >= 15 is 0 Å². The van der Waals surface area contributed by atoms with Gasteiger partial charge in [-0.2, -0.15) is 8.75 Å². The maximum absolute atomic E-state index is 4.20. The average Bonchev–Trinajstić information content (AvgIpc) is 2.45. The van der Waals surface area contributed by atoms with Gasteiger partial charge in [0.15, 0.2) is 0 Å². The van der Waals surface area contributed by atoms with Gasteiger partial charge in [0, 0.05) is 3.57 Å². The van der Waals surface area contributed by atoms with Crippen LogP contribution in [0, 0.1) is 10.5 Å². The van der Waals surface area contributed by atoms with Crippen LogP contribution in [0.2, 0.25) is 0 Å². The third-order valence-corrected chi connectivity index (χ3v) is 2.97. The third kappa shape index (κ3) is 1.14.